The number of aldehydes is 1. The van der Waals surface area contributed by atoms with Gasteiger partial charge >= 0.3 is 0 Å². The summed E-state index contributed by atoms with van der Waals surface area (Å²) in [6.45, 7) is 1.92. The van der Waals surface area contributed by atoms with E-state index in [2.05, 4.69) is 0 Å². The topological polar surface area (TPSA) is 37.3 Å². The van der Waals surface area contributed by atoms with Crippen LogP contribution in [0, 0.1) is 5.41 Å². The van der Waals surface area contributed by atoms with E-state index in [1.807, 2.05) is 6.92 Å². The smallest absolute Gasteiger partial charge is 0.128 e. The zero-order valence-corrected chi connectivity index (χ0v) is 8.05. The van der Waals surface area contributed by atoms with Gasteiger partial charge in [-0.1, -0.05) is 6.92 Å². The number of alkyl halides is 1. The van der Waals surface area contributed by atoms with Gasteiger partial charge in [0.25, 0.3) is 0 Å². The van der Waals surface area contributed by atoms with Crippen LogP contribution >= 0.6 is 11.6 Å². The van der Waals surface area contributed by atoms with Crippen molar-refractivity contribution >= 4 is 17.9 Å². The molecule has 1 fully saturated rings. The van der Waals surface area contributed by atoms with E-state index in [1.54, 1.807) is 0 Å². The molecular weight excluding hydrogens is 176 g/mol. The SMILES string of the molecule is CCC1(C=O)CC(Cl)CCC1O. The Morgan fingerprint density at radius 1 is 1.67 bits per heavy atom. The van der Waals surface area contributed by atoms with Crippen molar-refractivity contribution in [3.8, 4) is 0 Å². The van der Waals surface area contributed by atoms with Gasteiger partial charge in [-0.25, -0.2) is 0 Å². The summed E-state index contributed by atoms with van der Waals surface area (Å²) < 4.78 is 0. The number of halogens is 1. The first-order valence-corrected chi connectivity index (χ1v) is 4.86. The maximum absolute atomic E-state index is 10.9. The first-order valence-electron chi connectivity index (χ1n) is 4.43. The first-order chi connectivity index (χ1) is 5.64. The summed E-state index contributed by atoms with van der Waals surface area (Å²) in [7, 11) is 0. The van der Waals surface area contributed by atoms with Gasteiger partial charge in [0.1, 0.15) is 6.29 Å². The number of aliphatic hydroxyl groups is 1. The van der Waals surface area contributed by atoms with Crippen LogP contribution in [0.5, 0.6) is 0 Å². The van der Waals surface area contributed by atoms with E-state index < -0.39 is 11.5 Å². The normalized spacial score (nSPS) is 42.6. The lowest BCUT2D eigenvalue weighted by Crippen LogP contribution is -2.42. The Balaban J connectivity index is 2.75. The molecule has 3 heteroatoms. The Hall–Kier alpha value is -0.0800. The van der Waals surface area contributed by atoms with Crippen LogP contribution in [0.15, 0.2) is 0 Å². The van der Waals surface area contributed by atoms with Crippen molar-refractivity contribution in [2.75, 3.05) is 0 Å². The molecule has 0 aromatic heterocycles. The van der Waals surface area contributed by atoms with E-state index in [0.717, 1.165) is 12.7 Å². The molecule has 0 amide bonds. The average molecular weight is 191 g/mol. The molecule has 0 spiro atoms. The summed E-state index contributed by atoms with van der Waals surface area (Å²) >= 11 is 5.95. The Labute approximate surface area is 77.9 Å². The lowest BCUT2D eigenvalue weighted by molar-refractivity contribution is -0.126. The Bertz CT molecular complexity index is 172. The van der Waals surface area contributed by atoms with E-state index >= 15 is 0 Å². The van der Waals surface area contributed by atoms with Gasteiger partial charge in [-0.2, -0.15) is 0 Å². The summed E-state index contributed by atoms with van der Waals surface area (Å²) in [4.78, 5) is 10.9. The van der Waals surface area contributed by atoms with Gasteiger partial charge < -0.3 is 9.90 Å². The lowest BCUT2D eigenvalue weighted by atomic mass is 9.71. The molecule has 0 aliphatic heterocycles. The summed E-state index contributed by atoms with van der Waals surface area (Å²) in [5.41, 5.74) is -0.565. The lowest BCUT2D eigenvalue weighted by Gasteiger charge is -2.38. The Kier molecular flexibility index (Phi) is 3.13. The van der Waals surface area contributed by atoms with Gasteiger partial charge in [0.2, 0.25) is 0 Å². The molecule has 0 aromatic rings. The standard InChI is InChI=1S/C9H15ClO2/c1-2-9(6-11)5-7(10)3-4-8(9)12/h6-8,12H,2-5H2,1H3. The van der Waals surface area contributed by atoms with Crippen molar-refractivity contribution in [2.24, 2.45) is 5.41 Å². The first kappa shape index (κ1) is 10.0. The van der Waals surface area contributed by atoms with Crippen molar-refractivity contribution in [1.29, 1.82) is 0 Å². The Morgan fingerprint density at radius 3 is 2.75 bits per heavy atom. The molecule has 0 radical (unpaired) electrons. The maximum Gasteiger partial charge on any atom is 0.128 e. The molecule has 0 bridgehead atoms. The fourth-order valence-corrected chi connectivity index (χ4v) is 2.28. The summed E-state index contributed by atoms with van der Waals surface area (Å²) in [5, 5.41) is 9.70. The van der Waals surface area contributed by atoms with Crippen molar-refractivity contribution in [3.63, 3.8) is 0 Å². The fourth-order valence-electron chi connectivity index (χ4n) is 1.87. The van der Waals surface area contributed by atoms with Crippen molar-refractivity contribution in [2.45, 2.75) is 44.1 Å². The molecule has 0 saturated heterocycles. The molecule has 12 heavy (non-hydrogen) atoms. The molecule has 1 saturated carbocycles. The molecule has 0 aromatic carbocycles. The molecular formula is C9H15ClO2. The predicted molar refractivity (Wildman–Crippen MR) is 48.3 cm³/mol. The second-order valence-corrected chi connectivity index (χ2v) is 4.22. The third-order valence-electron chi connectivity index (χ3n) is 2.91. The van der Waals surface area contributed by atoms with Gasteiger partial charge in [0.05, 0.1) is 11.5 Å². The molecule has 0 heterocycles. The zero-order chi connectivity index (χ0) is 9.19. The third kappa shape index (κ3) is 1.64. The van der Waals surface area contributed by atoms with E-state index in [-0.39, 0.29) is 5.38 Å². The van der Waals surface area contributed by atoms with Gasteiger partial charge in [0, 0.05) is 5.38 Å². The number of carbonyl (C=O) groups excluding carboxylic acids is 1. The number of carbonyl (C=O) groups is 1. The van der Waals surface area contributed by atoms with Gasteiger partial charge in [0.15, 0.2) is 0 Å². The second kappa shape index (κ2) is 3.75. The average Bonchev–Trinajstić information content (AvgIpc) is 2.09. The van der Waals surface area contributed by atoms with E-state index in [0.29, 0.717) is 19.3 Å². The number of rotatable bonds is 2. The van der Waals surface area contributed by atoms with Crippen LogP contribution in [-0.4, -0.2) is 22.9 Å². The van der Waals surface area contributed by atoms with Gasteiger partial charge in [-0.05, 0) is 25.7 Å². The van der Waals surface area contributed by atoms with Crippen LogP contribution in [0.1, 0.15) is 32.6 Å². The number of hydrogen-bond acceptors (Lipinski definition) is 2. The summed E-state index contributed by atoms with van der Waals surface area (Å²) in [5.74, 6) is 0. The highest BCUT2D eigenvalue weighted by molar-refractivity contribution is 6.20. The molecule has 2 nitrogen and oxygen atoms in total. The molecule has 1 aliphatic carbocycles. The van der Waals surface area contributed by atoms with Crippen LogP contribution in [0.25, 0.3) is 0 Å². The minimum absolute atomic E-state index is 0.0542. The van der Waals surface area contributed by atoms with Crippen molar-refractivity contribution in [3.05, 3.63) is 0 Å². The molecule has 1 rings (SSSR count). The van der Waals surface area contributed by atoms with Crippen molar-refractivity contribution in [1.82, 2.24) is 0 Å². The Morgan fingerprint density at radius 2 is 2.33 bits per heavy atom. The monoisotopic (exact) mass is 190 g/mol. The highest BCUT2D eigenvalue weighted by Gasteiger charge is 2.41. The van der Waals surface area contributed by atoms with Crippen LogP contribution in [0.3, 0.4) is 0 Å². The number of aliphatic hydroxyl groups excluding tert-OH is 1. The van der Waals surface area contributed by atoms with Gasteiger partial charge in [-0.15, -0.1) is 11.6 Å². The predicted octanol–water partition coefficient (Wildman–Crippen LogP) is 1.73. The molecule has 1 aliphatic rings. The minimum Gasteiger partial charge on any atom is -0.392 e. The van der Waals surface area contributed by atoms with E-state index in [1.165, 1.54) is 0 Å². The summed E-state index contributed by atoms with van der Waals surface area (Å²) in [6, 6.07) is 0. The molecule has 3 unspecified atom stereocenters. The van der Waals surface area contributed by atoms with Crippen LogP contribution in [-0.2, 0) is 4.79 Å². The minimum atomic E-state index is -0.565. The van der Waals surface area contributed by atoms with Crippen LogP contribution in [0.2, 0.25) is 0 Å². The second-order valence-electron chi connectivity index (χ2n) is 3.60. The summed E-state index contributed by atoms with van der Waals surface area (Å²) in [6.07, 6.45) is 3.16. The van der Waals surface area contributed by atoms with Crippen LogP contribution < -0.4 is 0 Å². The quantitative estimate of drug-likeness (QED) is 0.532. The number of hydrogen-bond donors (Lipinski definition) is 1. The van der Waals surface area contributed by atoms with E-state index in [4.69, 9.17) is 11.6 Å². The fraction of sp³-hybridized carbons (Fsp3) is 0.889. The van der Waals surface area contributed by atoms with Crippen molar-refractivity contribution < 1.29 is 9.90 Å². The largest absolute Gasteiger partial charge is 0.392 e. The highest BCUT2D eigenvalue weighted by atomic mass is 35.5. The van der Waals surface area contributed by atoms with Gasteiger partial charge in [-0.3, -0.25) is 0 Å². The molecule has 70 valence electrons. The molecule has 1 N–H and O–H groups in total. The molecule has 3 atom stereocenters. The van der Waals surface area contributed by atoms with E-state index in [9.17, 15) is 9.90 Å². The highest BCUT2D eigenvalue weighted by Crippen LogP contribution is 2.39. The zero-order valence-electron chi connectivity index (χ0n) is 7.29. The third-order valence-corrected chi connectivity index (χ3v) is 3.28. The van der Waals surface area contributed by atoms with Crippen LogP contribution in [0.4, 0.5) is 0 Å². The maximum atomic E-state index is 10.9.